The lowest BCUT2D eigenvalue weighted by molar-refractivity contribution is -0.125. The highest BCUT2D eigenvalue weighted by molar-refractivity contribution is 5.92. The topological polar surface area (TPSA) is 63.4 Å². The summed E-state index contributed by atoms with van der Waals surface area (Å²) >= 11 is 0. The average Bonchev–Trinajstić information content (AvgIpc) is 2.36. The van der Waals surface area contributed by atoms with Gasteiger partial charge >= 0.3 is 0 Å². The molecular weight excluding hydrogens is 156 g/mol. The monoisotopic (exact) mass is 168 g/mol. The number of likely N-dealkylation sites (tertiary alicyclic amines) is 1. The fourth-order valence-electron chi connectivity index (χ4n) is 1.10. The van der Waals surface area contributed by atoms with Gasteiger partial charge in [0.15, 0.2) is 0 Å². The van der Waals surface area contributed by atoms with Crippen molar-refractivity contribution in [1.29, 1.82) is 0 Å². The Balaban J connectivity index is 2.66. The number of amides is 2. The molecule has 1 fully saturated rings. The number of hydrogen-bond acceptors (Lipinski definition) is 2. The van der Waals surface area contributed by atoms with Crippen LogP contribution in [0.1, 0.15) is 19.8 Å². The number of primary amides is 1. The molecule has 0 bridgehead atoms. The highest BCUT2D eigenvalue weighted by Gasteiger charge is 2.18. The Kier molecular flexibility index (Phi) is 2.47. The molecule has 0 saturated carbocycles. The van der Waals surface area contributed by atoms with Gasteiger partial charge in [-0.2, -0.15) is 0 Å². The van der Waals surface area contributed by atoms with Crippen molar-refractivity contribution in [3.05, 3.63) is 11.8 Å². The van der Waals surface area contributed by atoms with Gasteiger partial charge in [-0.3, -0.25) is 9.59 Å². The van der Waals surface area contributed by atoms with Crippen LogP contribution in [0.2, 0.25) is 0 Å². The van der Waals surface area contributed by atoms with Crippen molar-refractivity contribution in [2.75, 3.05) is 6.54 Å². The van der Waals surface area contributed by atoms with Gasteiger partial charge in [-0.1, -0.05) is 0 Å². The number of hydrogen-bond donors (Lipinski definition) is 1. The van der Waals surface area contributed by atoms with Crippen molar-refractivity contribution in [3.8, 4) is 0 Å². The fourth-order valence-corrected chi connectivity index (χ4v) is 1.10. The molecule has 0 aromatic rings. The molecule has 0 unspecified atom stereocenters. The maximum Gasteiger partial charge on any atom is 0.245 e. The Labute approximate surface area is 71.0 Å². The van der Waals surface area contributed by atoms with Crippen LogP contribution in [0.3, 0.4) is 0 Å². The maximum atomic E-state index is 11.1. The van der Waals surface area contributed by atoms with E-state index in [-0.39, 0.29) is 5.91 Å². The zero-order valence-electron chi connectivity index (χ0n) is 7.04. The van der Waals surface area contributed by atoms with Crippen LogP contribution in [-0.2, 0) is 9.59 Å². The second-order valence-electron chi connectivity index (χ2n) is 2.87. The van der Waals surface area contributed by atoms with Crippen LogP contribution >= 0.6 is 0 Å². The molecule has 4 nitrogen and oxygen atoms in total. The molecule has 0 aromatic heterocycles. The minimum atomic E-state index is -0.477. The van der Waals surface area contributed by atoms with Crippen LogP contribution in [-0.4, -0.2) is 23.3 Å². The van der Waals surface area contributed by atoms with Crippen LogP contribution < -0.4 is 5.73 Å². The zero-order chi connectivity index (χ0) is 9.14. The Bertz CT molecular complexity index is 245. The molecule has 2 N–H and O–H groups in total. The number of carbonyl (C=O) groups excluding carboxylic acids is 2. The van der Waals surface area contributed by atoms with Gasteiger partial charge in [0.25, 0.3) is 0 Å². The summed E-state index contributed by atoms with van der Waals surface area (Å²) < 4.78 is 0. The molecule has 1 rings (SSSR count). The van der Waals surface area contributed by atoms with E-state index in [4.69, 9.17) is 5.73 Å². The third-order valence-electron chi connectivity index (χ3n) is 1.85. The van der Waals surface area contributed by atoms with Crippen LogP contribution in [0, 0.1) is 0 Å². The molecule has 0 aromatic carbocycles. The lowest BCUT2D eigenvalue weighted by Gasteiger charge is -2.09. The minimum absolute atomic E-state index is 0.0654. The van der Waals surface area contributed by atoms with E-state index in [0.717, 1.165) is 6.42 Å². The largest absolute Gasteiger partial charge is 0.366 e. The number of nitrogens with zero attached hydrogens (tertiary/aromatic N) is 1. The molecule has 1 saturated heterocycles. The van der Waals surface area contributed by atoms with Gasteiger partial charge in [0, 0.05) is 24.7 Å². The number of nitrogens with two attached hydrogens (primary N) is 1. The summed E-state index contributed by atoms with van der Waals surface area (Å²) in [6, 6.07) is 0. The predicted octanol–water partition coefficient (Wildman–Crippen LogP) is -0.00210. The molecule has 1 heterocycles. The summed E-state index contributed by atoms with van der Waals surface area (Å²) in [5.74, 6) is -0.412. The maximum absolute atomic E-state index is 11.1. The van der Waals surface area contributed by atoms with E-state index in [0.29, 0.717) is 18.5 Å². The minimum Gasteiger partial charge on any atom is -0.366 e. The zero-order valence-corrected chi connectivity index (χ0v) is 7.04. The fraction of sp³-hybridized carbons (Fsp3) is 0.500. The Morgan fingerprint density at radius 3 is 2.75 bits per heavy atom. The Morgan fingerprint density at radius 1 is 1.67 bits per heavy atom. The first kappa shape index (κ1) is 8.77. The quantitative estimate of drug-likeness (QED) is 0.590. The number of rotatable bonds is 2. The van der Waals surface area contributed by atoms with E-state index in [2.05, 4.69) is 0 Å². The highest BCUT2D eigenvalue weighted by atomic mass is 16.2. The standard InChI is InChI=1S/C8H12N2O2/c1-6(8(9)12)5-10-4-2-3-7(10)11/h5H,2-4H2,1H3,(H2,9,12). The molecule has 1 aliphatic heterocycles. The molecule has 66 valence electrons. The van der Waals surface area contributed by atoms with Gasteiger partial charge in [-0.25, -0.2) is 0 Å². The van der Waals surface area contributed by atoms with Crippen molar-refractivity contribution in [3.63, 3.8) is 0 Å². The molecule has 12 heavy (non-hydrogen) atoms. The van der Waals surface area contributed by atoms with Gasteiger partial charge < -0.3 is 10.6 Å². The summed E-state index contributed by atoms with van der Waals surface area (Å²) in [6.07, 6.45) is 2.96. The average molecular weight is 168 g/mol. The third-order valence-corrected chi connectivity index (χ3v) is 1.85. The lowest BCUT2D eigenvalue weighted by atomic mass is 10.3. The SMILES string of the molecule is CC(=CN1CCCC1=O)C(N)=O. The van der Waals surface area contributed by atoms with Crippen LogP contribution in [0.25, 0.3) is 0 Å². The smallest absolute Gasteiger partial charge is 0.245 e. The molecule has 0 spiro atoms. The Hall–Kier alpha value is -1.32. The Morgan fingerprint density at radius 2 is 2.33 bits per heavy atom. The highest BCUT2D eigenvalue weighted by Crippen LogP contribution is 2.11. The molecular formula is C8H12N2O2. The van der Waals surface area contributed by atoms with Crippen molar-refractivity contribution < 1.29 is 9.59 Å². The van der Waals surface area contributed by atoms with Gasteiger partial charge in [0.1, 0.15) is 0 Å². The van der Waals surface area contributed by atoms with E-state index in [9.17, 15) is 9.59 Å². The van der Waals surface area contributed by atoms with Crippen LogP contribution in [0.4, 0.5) is 0 Å². The second kappa shape index (κ2) is 3.38. The molecule has 2 amide bonds. The first-order valence-corrected chi connectivity index (χ1v) is 3.89. The van der Waals surface area contributed by atoms with Gasteiger partial charge in [-0.05, 0) is 13.3 Å². The lowest BCUT2D eigenvalue weighted by Crippen LogP contribution is -2.21. The summed E-state index contributed by atoms with van der Waals surface area (Å²) in [6.45, 7) is 2.30. The molecule has 0 radical (unpaired) electrons. The van der Waals surface area contributed by atoms with E-state index in [1.54, 1.807) is 11.8 Å². The normalized spacial score (nSPS) is 18.6. The molecule has 0 atom stereocenters. The summed E-state index contributed by atoms with van der Waals surface area (Å²) in [4.78, 5) is 23.2. The van der Waals surface area contributed by atoms with Gasteiger partial charge in [0.05, 0.1) is 0 Å². The van der Waals surface area contributed by atoms with Crippen molar-refractivity contribution in [1.82, 2.24) is 4.90 Å². The van der Waals surface area contributed by atoms with E-state index < -0.39 is 5.91 Å². The third kappa shape index (κ3) is 1.84. The molecule has 0 aliphatic carbocycles. The van der Waals surface area contributed by atoms with E-state index >= 15 is 0 Å². The van der Waals surface area contributed by atoms with Crippen LogP contribution in [0.15, 0.2) is 11.8 Å². The first-order valence-electron chi connectivity index (χ1n) is 3.89. The summed E-state index contributed by atoms with van der Waals surface area (Å²) in [5, 5.41) is 0. The molecule has 4 heteroatoms. The summed E-state index contributed by atoms with van der Waals surface area (Å²) in [7, 11) is 0. The van der Waals surface area contributed by atoms with Crippen molar-refractivity contribution in [2.24, 2.45) is 5.73 Å². The number of carbonyl (C=O) groups is 2. The van der Waals surface area contributed by atoms with E-state index in [1.807, 2.05) is 0 Å². The van der Waals surface area contributed by atoms with E-state index in [1.165, 1.54) is 6.20 Å². The first-order chi connectivity index (χ1) is 5.61. The van der Waals surface area contributed by atoms with Crippen LogP contribution in [0.5, 0.6) is 0 Å². The second-order valence-corrected chi connectivity index (χ2v) is 2.87. The van der Waals surface area contributed by atoms with Gasteiger partial charge in [0.2, 0.25) is 11.8 Å². The van der Waals surface area contributed by atoms with Gasteiger partial charge in [-0.15, -0.1) is 0 Å². The van der Waals surface area contributed by atoms with Crippen molar-refractivity contribution >= 4 is 11.8 Å². The summed E-state index contributed by atoms with van der Waals surface area (Å²) in [5.41, 5.74) is 5.44. The molecule has 1 aliphatic rings. The predicted molar refractivity (Wildman–Crippen MR) is 43.9 cm³/mol. The van der Waals surface area contributed by atoms with Crippen molar-refractivity contribution in [2.45, 2.75) is 19.8 Å².